The van der Waals surface area contributed by atoms with Crippen molar-refractivity contribution in [3.8, 4) is 0 Å². The number of hydrogen-bond donors (Lipinski definition) is 0. The molecular weight excluding hydrogens is 314 g/mol. The van der Waals surface area contributed by atoms with Crippen LogP contribution in [0, 0.1) is 0 Å². The van der Waals surface area contributed by atoms with Crippen molar-refractivity contribution >= 4 is 17.0 Å². The van der Waals surface area contributed by atoms with E-state index in [1.54, 1.807) is 6.08 Å². The maximum Gasteiger partial charge on any atom is 0.331 e. The van der Waals surface area contributed by atoms with Gasteiger partial charge in [0.1, 0.15) is 0 Å². The summed E-state index contributed by atoms with van der Waals surface area (Å²) < 4.78 is 8.31. The Morgan fingerprint density at radius 1 is 1.20 bits per heavy atom. The van der Waals surface area contributed by atoms with E-state index in [0.29, 0.717) is 18.1 Å². The van der Waals surface area contributed by atoms with Crippen LogP contribution < -0.4 is 0 Å². The first-order chi connectivity index (χ1) is 12.3. The van der Waals surface area contributed by atoms with Crippen LogP contribution >= 0.6 is 0 Å². The van der Waals surface area contributed by atoms with Gasteiger partial charge in [0.15, 0.2) is 5.60 Å². The molecule has 5 heteroatoms. The number of piperidine rings is 1. The fraction of sp³-hybridized carbons (Fsp3) is 0.500. The van der Waals surface area contributed by atoms with Crippen molar-refractivity contribution < 1.29 is 9.53 Å². The third-order valence-corrected chi connectivity index (χ3v) is 6.85. The van der Waals surface area contributed by atoms with Gasteiger partial charge in [0.25, 0.3) is 0 Å². The molecule has 1 aromatic carbocycles. The Kier molecular flexibility index (Phi) is 2.66. The second-order valence-corrected chi connectivity index (χ2v) is 7.91. The largest absolute Gasteiger partial charge is 0.450 e. The number of para-hydroxylation sites is 2. The van der Waals surface area contributed by atoms with Crippen LogP contribution in [-0.2, 0) is 9.53 Å². The van der Waals surface area contributed by atoms with Crippen LogP contribution in [0.25, 0.3) is 11.0 Å². The van der Waals surface area contributed by atoms with E-state index in [1.165, 1.54) is 23.9 Å². The number of ether oxygens (including phenoxy) is 1. The van der Waals surface area contributed by atoms with Crippen molar-refractivity contribution in [2.75, 3.05) is 6.54 Å². The van der Waals surface area contributed by atoms with Crippen LogP contribution in [0.4, 0.5) is 0 Å². The lowest BCUT2D eigenvalue weighted by Gasteiger charge is -2.37. The molecule has 2 bridgehead atoms. The van der Waals surface area contributed by atoms with Gasteiger partial charge in [-0.1, -0.05) is 18.6 Å². The average Bonchev–Trinajstić information content (AvgIpc) is 3.28. The fourth-order valence-corrected chi connectivity index (χ4v) is 5.89. The minimum atomic E-state index is -0.338. The van der Waals surface area contributed by atoms with E-state index >= 15 is 0 Å². The number of imidazole rings is 1. The van der Waals surface area contributed by atoms with E-state index < -0.39 is 0 Å². The number of nitrogens with zero attached hydrogens (tertiary/aromatic N) is 3. The highest BCUT2D eigenvalue weighted by atomic mass is 16.6. The summed E-state index contributed by atoms with van der Waals surface area (Å²) in [6.07, 6.45) is 9.21. The quantitative estimate of drug-likeness (QED) is 0.752. The molecule has 1 aliphatic carbocycles. The van der Waals surface area contributed by atoms with Gasteiger partial charge in [-0.25, -0.2) is 9.78 Å². The molecule has 4 unspecified atom stereocenters. The van der Waals surface area contributed by atoms with Gasteiger partial charge < -0.3 is 9.30 Å². The summed E-state index contributed by atoms with van der Waals surface area (Å²) in [6, 6.07) is 9.44. The zero-order valence-corrected chi connectivity index (χ0v) is 14.1. The number of carbonyl (C=O) groups excluding carboxylic acids is 1. The summed E-state index contributed by atoms with van der Waals surface area (Å²) in [5.74, 6) is -0.141. The Hall–Kier alpha value is -2.14. The highest BCUT2D eigenvalue weighted by molar-refractivity contribution is 5.87. The normalized spacial score (nSPS) is 36.9. The average molecular weight is 335 g/mol. The van der Waals surface area contributed by atoms with Crippen LogP contribution in [0.15, 0.2) is 42.2 Å². The molecule has 2 aromatic rings. The second-order valence-electron chi connectivity index (χ2n) is 7.91. The molecule has 3 fully saturated rings. The summed E-state index contributed by atoms with van der Waals surface area (Å²) in [6.45, 7) is 1.12. The van der Waals surface area contributed by atoms with E-state index in [9.17, 15) is 4.79 Å². The molecular formula is C20H21N3O2. The highest BCUT2D eigenvalue weighted by Gasteiger charge is 2.64. The number of hydrogen-bond acceptors (Lipinski definition) is 4. The van der Waals surface area contributed by atoms with Gasteiger partial charge in [0, 0.05) is 18.5 Å². The predicted molar refractivity (Wildman–Crippen MR) is 93.0 cm³/mol. The smallest absolute Gasteiger partial charge is 0.331 e. The van der Waals surface area contributed by atoms with E-state index in [4.69, 9.17) is 4.74 Å². The molecule has 0 radical (unpaired) electrons. The van der Waals surface area contributed by atoms with Crippen molar-refractivity contribution in [2.45, 2.75) is 55.8 Å². The highest BCUT2D eigenvalue weighted by Crippen LogP contribution is 2.57. The molecule has 3 aliphatic heterocycles. The molecule has 5 nitrogen and oxygen atoms in total. The topological polar surface area (TPSA) is 47.4 Å². The van der Waals surface area contributed by atoms with Crippen LogP contribution in [0.3, 0.4) is 0 Å². The zero-order valence-electron chi connectivity index (χ0n) is 14.1. The molecule has 1 aromatic heterocycles. The standard InChI is InChI=1S/C20H21N3O2/c24-19-10-13-9-16(23-12-21-14-5-1-2-6-15(14)23)17-11-20(13,25-19)18-7-3-4-8-22(17)18/h1-2,5-6,10,12,16-18H,3-4,7-9,11H2. The van der Waals surface area contributed by atoms with Gasteiger partial charge in [0.2, 0.25) is 0 Å². The first kappa shape index (κ1) is 14.1. The van der Waals surface area contributed by atoms with Crippen molar-refractivity contribution in [1.29, 1.82) is 0 Å². The molecule has 4 heterocycles. The predicted octanol–water partition coefficient (Wildman–Crippen LogP) is 2.83. The van der Waals surface area contributed by atoms with Crippen molar-refractivity contribution in [2.24, 2.45) is 0 Å². The monoisotopic (exact) mass is 335 g/mol. The third kappa shape index (κ3) is 1.72. The van der Waals surface area contributed by atoms with Gasteiger partial charge in [-0.15, -0.1) is 0 Å². The third-order valence-electron chi connectivity index (χ3n) is 6.85. The SMILES string of the molecule is O=C1C=C2CC(n3cnc4ccccc43)C3CC2(O1)C1CCCCN31. The molecule has 0 N–H and O–H groups in total. The van der Waals surface area contributed by atoms with E-state index in [1.807, 2.05) is 12.4 Å². The minimum absolute atomic E-state index is 0.141. The maximum absolute atomic E-state index is 12.1. The summed E-state index contributed by atoms with van der Waals surface area (Å²) in [4.78, 5) is 19.4. The lowest BCUT2D eigenvalue weighted by atomic mass is 9.75. The van der Waals surface area contributed by atoms with Crippen molar-refractivity contribution in [3.63, 3.8) is 0 Å². The maximum atomic E-state index is 12.1. The van der Waals surface area contributed by atoms with E-state index in [-0.39, 0.29) is 11.6 Å². The van der Waals surface area contributed by atoms with Crippen molar-refractivity contribution in [3.05, 3.63) is 42.2 Å². The van der Waals surface area contributed by atoms with Crippen LogP contribution in [-0.4, -0.2) is 44.6 Å². The summed E-state index contributed by atoms with van der Waals surface area (Å²) >= 11 is 0. The number of esters is 1. The Balaban J connectivity index is 1.51. The molecule has 128 valence electrons. The molecule has 4 atom stereocenters. The Morgan fingerprint density at radius 3 is 3.08 bits per heavy atom. The van der Waals surface area contributed by atoms with Gasteiger partial charge in [-0.2, -0.15) is 0 Å². The number of aromatic nitrogens is 2. The molecule has 1 saturated carbocycles. The van der Waals surface area contributed by atoms with E-state index in [2.05, 4.69) is 32.7 Å². The second kappa shape index (κ2) is 4.73. The lowest BCUT2D eigenvalue weighted by Crippen LogP contribution is -2.48. The fourth-order valence-electron chi connectivity index (χ4n) is 5.89. The number of rotatable bonds is 1. The zero-order chi connectivity index (χ0) is 16.6. The molecule has 0 amide bonds. The summed E-state index contributed by atoms with van der Waals surface area (Å²) in [5, 5.41) is 0. The molecule has 2 saturated heterocycles. The van der Waals surface area contributed by atoms with Gasteiger partial charge >= 0.3 is 5.97 Å². The molecule has 25 heavy (non-hydrogen) atoms. The summed E-state index contributed by atoms with van der Waals surface area (Å²) in [5.41, 5.74) is 3.10. The number of benzene rings is 1. The van der Waals surface area contributed by atoms with Gasteiger partial charge in [0.05, 0.1) is 29.4 Å². The minimum Gasteiger partial charge on any atom is -0.450 e. The van der Waals surface area contributed by atoms with E-state index in [0.717, 1.165) is 31.3 Å². The van der Waals surface area contributed by atoms with Crippen molar-refractivity contribution in [1.82, 2.24) is 14.5 Å². The first-order valence-corrected chi connectivity index (χ1v) is 9.38. The Morgan fingerprint density at radius 2 is 2.12 bits per heavy atom. The number of fused-ring (bicyclic) bond motifs is 4. The summed E-state index contributed by atoms with van der Waals surface area (Å²) in [7, 11) is 0. The van der Waals surface area contributed by atoms with Crippen LogP contribution in [0.5, 0.6) is 0 Å². The molecule has 1 spiro atoms. The van der Waals surface area contributed by atoms with Crippen LogP contribution in [0.2, 0.25) is 0 Å². The lowest BCUT2D eigenvalue weighted by molar-refractivity contribution is -0.148. The van der Waals surface area contributed by atoms with Gasteiger partial charge in [-0.05, 0) is 43.5 Å². The molecule has 6 rings (SSSR count). The van der Waals surface area contributed by atoms with Gasteiger partial charge in [-0.3, -0.25) is 4.90 Å². The Labute approximate surface area is 146 Å². The number of carbonyl (C=O) groups is 1. The van der Waals surface area contributed by atoms with Crippen LogP contribution in [0.1, 0.15) is 38.1 Å². The first-order valence-electron chi connectivity index (χ1n) is 9.38. The Bertz CT molecular complexity index is 917. The molecule has 4 aliphatic rings.